The SMILES string of the molecule is NCCC(=O)Nc1ccc2c(ccn2CC(=O)N2CCOCC2)c1. The van der Waals surface area contributed by atoms with Crippen molar-refractivity contribution in [1.29, 1.82) is 0 Å². The molecule has 2 aromatic rings. The van der Waals surface area contributed by atoms with Crippen LogP contribution in [-0.4, -0.2) is 54.1 Å². The van der Waals surface area contributed by atoms with Crippen LogP contribution in [0.3, 0.4) is 0 Å². The fraction of sp³-hybridized carbons (Fsp3) is 0.412. The van der Waals surface area contributed by atoms with E-state index in [1.807, 2.05) is 39.9 Å². The van der Waals surface area contributed by atoms with Gasteiger partial charge >= 0.3 is 0 Å². The molecule has 0 spiro atoms. The van der Waals surface area contributed by atoms with Crippen LogP contribution in [0.5, 0.6) is 0 Å². The van der Waals surface area contributed by atoms with E-state index in [1.54, 1.807) is 0 Å². The normalized spacial score (nSPS) is 14.8. The van der Waals surface area contributed by atoms with Gasteiger partial charge in [0.2, 0.25) is 11.8 Å². The summed E-state index contributed by atoms with van der Waals surface area (Å²) in [7, 11) is 0. The lowest BCUT2D eigenvalue weighted by molar-refractivity contribution is -0.135. The van der Waals surface area contributed by atoms with Crippen molar-refractivity contribution in [3.63, 3.8) is 0 Å². The minimum atomic E-state index is -0.0984. The van der Waals surface area contributed by atoms with Crippen LogP contribution in [0.4, 0.5) is 5.69 Å². The highest BCUT2D eigenvalue weighted by atomic mass is 16.5. The average molecular weight is 330 g/mol. The summed E-state index contributed by atoms with van der Waals surface area (Å²) in [5.74, 6) is -0.00472. The van der Waals surface area contributed by atoms with E-state index in [0.29, 0.717) is 45.8 Å². The van der Waals surface area contributed by atoms with Crippen molar-refractivity contribution in [2.45, 2.75) is 13.0 Å². The minimum Gasteiger partial charge on any atom is -0.378 e. The van der Waals surface area contributed by atoms with Gasteiger partial charge in [-0.3, -0.25) is 9.59 Å². The molecule has 0 saturated carbocycles. The predicted octanol–water partition coefficient (Wildman–Crippen LogP) is 0.787. The molecule has 3 N–H and O–H groups in total. The van der Waals surface area contributed by atoms with E-state index in [4.69, 9.17) is 10.5 Å². The molecule has 0 atom stereocenters. The van der Waals surface area contributed by atoms with Gasteiger partial charge < -0.3 is 25.3 Å². The zero-order valence-corrected chi connectivity index (χ0v) is 13.5. The summed E-state index contributed by atoms with van der Waals surface area (Å²) >= 11 is 0. The number of ether oxygens (including phenoxy) is 1. The Balaban J connectivity index is 1.71. The number of benzene rings is 1. The van der Waals surface area contributed by atoms with Crippen LogP contribution in [0.2, 0.25) is 0 Å². The molecule has 0 unspecified atom stereocenters. The minimum absolute atomic E-state index is 0.0936. The molecule has 1 aliphatic heterocycles. The molecule has 1 aromatic heterocycles. The molecule has 7 heteroatoms. The number of hydrogen-bond acceptors (Lipinski definition) is 4. The number of amides is 2. The first-order valence-electron chi connectivity index (χ1n) is 8.12. The number of fused-ring (bicyclic) bond motifs is 1. The van der Waals surface area contributed by atoms with Crippen LogP contribution in [-0.2, 0) is 20.9 Å². The Hall–Kier alpha value is -2.38. The number of aromatic nitrogens is 1. The van der Waals surface area contributed by atoms with Crippen molar-refractivity contribution in [1.82, 2.24) is 9.47 Å². The lowest BCUT2D eigenvalue weighted by atomic mass is 10.2. The third-order valence-corrected chi connectivity index (χ3v) is 4.10. The molecule has 1 saturated heterocycles. The summed E-state index contributed by atoms with van der Waals surface area (Å²) in [6, 6.07) is 7.60. The number of carbonyl (C=O) groups excluding carboxylic acids is 2. The van der Waals surface area contributed by atoms with Gasteiger partial charge in [-0.15, -0.1) is 0 Å². The van der Waals surface area contributed by atoms with Crippen LogP contribution >= 0.6 is 0 Å². The molecule has 2 heterocycles. The van der Waals surface area contributed by atoms with E-state index in [2.05, 4.69) is 5.32 Å². The first-order valence-corrected chi connectivity index (χ1v) is 8.12. The standard InChI is InChI=1S/C17H22N4O3/c18-5-3-16(22)19-14-1-2-15-13(11-14)4-6-21(15)12-17(23)20-7-9-24-10-8-20/h1-2,4,6,11H,3,5,7-10,12,18H2,(H,19,22). The van der Waals surface area contributed by atoms with Crippen molar-refractivity contribution < 1.29 is 14.3 Å². The maximum atomic E-state index is 12.4. The van der Waals surface area contributed by atoms with Crippen molar-refractivity contribution in [2.75, 3.05) is 38.2 Å². The van der Waals surface area contributed by atoms with E-state index in [9.17, 15) is 9.59 Å². The quantitative estimate of drug-likeness (QED) is 0.848. The van der Waals surface area contributed by atoms with Crippen LogP contribution < -0.4 is 11.1 Å². The summed E-state index contributed by atoms with van der Waals surface area (Å²) in [4.78, 5) is 25.8. The molecule has 1 fully saturated rings. The van der Waals surface area contributed by atoms with Crippen LogP contribution in [0.25, 0.3) is 10.9 Å². The Morgan fingerprint density at radius 3 is 2.75 bits per heavy atom. The molecule has 7 nitrogen and oxygen atoms in total. The molecule has 128 valence electrons. The number of anilines is 1. The molecule has 0 radical (unpaired) electrons. The van der Waals surface area contributed by atoms with Gasteiger partial charge in [0, 0.05) is 48.8 Å². The third-order valence-electron chi connectivity index (χ3n) is 4.10. The summed E-state index contributed by atoms with van der Waals surface area (Å²) < 4.78 is 7.20. The monoisotopic (exact) mass is 330 g/mol. The third kappa shape index (κ3) is 3.74. The Morgan fingerprint density at radius 2 is 2.00 bits per heavy atom. The molecular formula is C17H22N4O3. The van der Waals surface area contributed by atoms with Gasteiger partial charge in [0.05, 0.1) is 13.2 Å². The Kier molecular flexibility index (Phi) is 5.12. The van der Waals surface area contributed by atoms with Gasteiger partial charge in [-0.05, 0) is 24.3 Å². The fourth-order valence-electron chi connectivity index (χ4n) is 2.83. The first kappa shape index (κ1) is 16.5. The van der Waals surface area contributed by atoms with E-state index in [-0.39, 0.29) is 11.8 Å². The highest BCUT2D eigenvalue weighted by Crippen LogP contribution is 2.21. The summed E-state index contributed by atoms with van der Waals surface area (Å²) in [5.41, 5.74) is 7.08. The highest BCUT2D eigenvalue weighted by molar-refractivity contribution is 5.94. The number of rotatable bonds is 5. The van der Waals surface area contributed by atoms with Gasteiger partial charge in [-0.2, -0.15) is 0 Å². The number of hydrogen-bond donors (Lipinski definition) is 2. The fourth-order valence-corrected chi connectivity index (χ4v) is 2.83. The van der Waals surface area contributed by atoms with Gasteiger partial charge in [-0.1, -0.05) is 0 Å². The largest absolute Gasteiger partial charge is 0.378 e. The zero-order valence-electron chi connectivity index (χ0n) is 13.5. The maximum Gasteiger partial charge on any atom is 0.242 e. The topological polar surface area (TPSA) is 89.6 Å². The van der Waals surface area contributed by atoms with Crippen molar-refractivity contribution in [3.05, 3.63) is 30.5 Å². The second-order valence-electron chi connectivity index (χ2n) is 5.80. The molecule has 0 aliphatic carbocycles. The number of carbonyl (C=O) groups is 2. The second kappa shape index (κ2) is 7.46. The van der Waals surface area contributed by atoms with Gasteiger partial charge in [0.15, 0.2) is 0 Å². The average Bonchev–Trinajstić information content (AvgIpc) is 2.98. The molecule has 2 amide bonds. The second-order valence-corrected chi connectivity index (χ2v) is 5.80. The van der Waals surface area contributed by atoms with Gasteiger partial charge in [0.25, 0.3) is 0 Å². The number of morpholine rings is 1. The van der Waals surface area contributed by atoms with E-state index >= 15 is 0 Å². The molecule has 24 heavy (non-hydrogen) atoms. The smallest absolute Gasteiger partial charge is 0.242 e. The lowest BCUT2D eigenvalue weighted by Gasteiger charge is -2.27. The molecular weight excluding hydrogens is 308 g/mol. The number of nitrogens with two attached hydrogens (primary N) is 1. The summed E-state index contributed by atoms with van der Waals surface area (Å²) in [5, 5.41) is 3.80. The van der Waals surface area contributed by atoms with Crippen LogP contribution in [0.1, 0.15) is 6.42 Å². The summed E-state index contributed by atoms with van der Waals surface area (Å²) in [6.45, 7) is 3.13. The number of nitrogens with one attached hydrogen (secondary N) is 1. The van der Waals surface area contributed by atoms with Crippen molar-refractivity contribution in [2.24, 2.45) is 5.73 Å². The van der Waals surface area contributed by atoms with Crippen LogP contribution in [0, 0.1) is 0 Å². The first-order chi connectivity index (χ1) is 11.7. The van der Waals surface area contributed by atoms with Crippen LogP contribution in [0.15, 0.2) is 30.5 Å². The Bertz CT molecular complexity index is 735. The van der Waals surface area contributed by atoms with Crippen molar-refractivity contribution in [3.8, 4) is 0 Å². The van der Waals surface area contributed by atoms with E-state index in [1.165, 1.54) is 0 Å². The Labute approximate surface area is 140 Å². The lowest BCUT2D eigenvalue weighted by Crippen LogP contribution is -2.42. The molecule has 1 aromatic carbocycles. The van der Waals surface area contributed by atoms with E-state index < -0.39 is 0 Å². The molecule has 3 rings (SSSR count). The molecule has 1 aliphatic rings. The Morgan fingerprint density at radius 1 is 1.21 bits per heavy atom. The van der Waals surface area contributed by atoms with Gasteiger partial charge in [0.1, 0.15) is 6.54 Å². The number of nitrogens with zero attached hydrogens (tertiary/aromatic N) is 2. The maximum absolute atomic E-state index is 12.4. The van der Waals surface area contributed by atoms with Gasteiger partial charge in [-0.25, -0.2) is 0 Å². The highest BCUT2D eigenvalue weighted by Gasteiger charge is 2.17. The van der Waals surface area contributed by atoms with E-state index in [0.717, 1.165) is 16.6 Å². The molecule has 0 bridgehead atoms. The van der Waals surface area contributed by atoms with Crippen molar-refractivity contribution >= 4 is 28.4 Å². The zero-order chi connectivity index (χ0) is 16.9. The summed E-state index contributed by atoms with van der Waals surface area (Å²) in [6.07, 6.45) is 2.20. The predicted molar refractivity (Wildman–Crippen MR) is 91.6 cm³/mol.